The van der Waals surface area contributed by atoms with Crippen molar-refractivity contribution >= 4 is 15.9 Å². The van der Waals surface area contributed by atoms with E-state index in [2.05, 4.69) is 4.98 Å². The molecule has 0 radical (unpaired) electrons. The van der Waals surface area contributed by atoms with E-state index in [1.165, 1.54) is 16.4 Å². The maximum absolute atomic E-state index is 13.2. The molecule has 8 heteroatoms. The van der Waals surface area contributed by atoms with Gasteiger partial charge in [0.05, 0.1) is 28.1 Å². The number of piperazine rings is 1. The number of hydrogen-bond donors (Lipinski definition) is 0. The third-order valence-electron chi connectivity index (χ3n) is 5.19. The van der Waals surface area contributed by atoms with Gasteiger partial charge in [0.2, 0.25) is 10.0 Å². The van der Waals surface area contributed by atoms with Gasteiger partial charge in [-0.1, -0.05) is 0 Å². The molecule has 1 aromatic carbocycles. The Kier molecular flexibility index (Phi) is 4.02. The summed E-state index contributed by atoms with van der Waals surface area (Å²) in [7, 11) is -3.72. The molecule has 0 saturated carbocycles. The van der Waals surface area contributed by atoms with E-state index in [0.29, 0.717) is 23.2 Å². The molecule has 2 aliphatic rings. The minimum absolute atomic E-state index is 0.0888. The topological polar surface area (TPSA) is 94.4 Å². The second-order valence-electron chi connectivity index (χ2n) is 6.88. The maximum Gasteiger partial charge on any atom is 0.256 e. The SMILES string of the molecule is Cc1cc2c(cn1)C(=O)N1CCN(S(=O)(=O)c3ccc(C#N)cc3C)CC21. The van der Waals surface area contributed by atoms with Crippen LogP contribution in [0.5, 0.6) is 0 Å². The molecule has 0 spiro atoms. The van der Waals surface area contributed by atoms with Gasteiger partial charge in [-0.3, -0.25) is 9.78 Å². The summed E-state index contributed by atoms with van der Waals surface area (Å²) in [4.78, 5) is 18.7. The van der Waals surface area contributed by atoms with E-state index in [4.69, 9.17) is 5.26 Å². The predicted molar refractivity (Wildman–Crippen MR) is 97.4 cm³/mol. The number of carbonyl (C=O) groups excluding carboxylic acids is 1. The third kappa shape index (κ3) is 2.71. The molecule has 1 saturated heterocycles. The molecule has 2 aromatic rings. The molecule has 4 rings (SSSR count). The quantitative estimate of drug-likeness (QED) is 0.789. The van der Waals surface area contributed by atoms with Gasteiger partial charge in [-0.25, -0.2) is 8.42 Å². The van der Waals surface area contributed by atoms with Gasteiger partial charge in [0.25, 0.3) is 5.91 Å². The maximum atomic E-state index is 13.2. The zero-order valence-corrected chi connectivity index (χ0v) is 15.8. The van der Waals surface area contributed by atoms with Crippen LogP contribution < -0.4 is 0 Å². The fourth-order valence-corrected chi connectivity index (χ4v) is 5.47. The second-order valence-corrected chi connectivity index (χ2v) is 8.79. The monoisotopic (exact) mass is 382 g/mol. The summed E-state index contributed by atoms with van der Waals surface area (Å²) in [5.41, 5.74) is 3.16. The first kappa shape index (κ1) is 17.6. The van der Waals surface area contributed by atoms with Gasteiger partial charge in [-0.2, -0.15) is 9.57 Å². The number of sulfonamides is 1. The van der Waals surface area contributed by atoms with Crippen LogP contribution in [0.25, 0.3) is 0 Å². The fourth-order valence-electron chi connectivity index (χ4n) is 3.82. The third-order valence-corrected chi connectivity index (χ3v) is 7.21. The van der Waals surface area contributed by atoms with E-state index in [-0.39, 0.29) is 29.9 Å². The van der Waals surface area contributed by atoms with Crippen LogP contribution in [0.15, 0.2) is 35.4 Å². The van der Waals surface area contributed by atoms with Crippen LogP contribution in [0.3, 0.4) is 0 Å². The lowest BCUT2D eigenvalue weighted by Gasteiger charge is -2.37. The van der Waals surface area contributed by atoms with Crippen molar-refractivity contribution in [3.05, 3.63) is 58.4 Å². The Morgan fingerprint density at radius 1 is 1.22 bits per heavy atom. The van der Waals surface area contributed by atoms with Crippen LogP contribution in [0.2, 0.25) is 0 Å². The smallest absolute Gasteiger partial charge is 0.256 e. The van der Waals surface area contributed by atoms with E-state index in [1.54, 1.807) is 24.1 Å². The fraction of sp³-hybridized carbons (Fsp3) is 0.316. The summed E-state index contributed by atoms with van der Waals surface area (Å²) in [5.74, 6) is -0.0888. The van der Waals surface area contributed by atoms with Crippen molar-refractivity contribution in [1.29, 1.82) is 5.26 Å². The first-order valence-electron chi connectivity index (χ1n) is 8.61. The van der Waals surface area contributed by atoms with Crippen LogP contribution in [0.1, 0.15) is 38.8 Å². The number of rotatable bonds is 2. The molecule has 3 heterocycles. The minimum Gasteiger partial charge on any atom is -0.329 e. The number of hydrogen-bond acceptors (Lipinski definition) is 5. The van der Waals surface area contributed by atoms with E-state index in [0.717, 1.165) is 11.3 Å². The van der Waals surface area contributed by atoms with Crippen LogP contribution in [0.4, 0.5) is 0 Å². The summed E-state index contributed by atoms with van der Waals surface area (Å²) in [6.07, 6.45) is 1.58. The first-order valence-corrected chi connectivity index (χ1v) is 10.1. The Morgan fingerprint density at radius 3 is 2.70 bits per heavy atom. The summed E-state index contributed by atoms with van der Waals surface area (Å²) in [5, 5.41) is 9.00. The van der Waals surface area contributed by atoms with E-state index in [9.17, 15) is 13.2 Å². The molecule has 2 aliphatic heterocycles. The highest BCUT2D eigenvalue weighted by atomic mass is 32.2. The van der Waals surface area contributed by atoms with Crippen molar-refractivity contribution in [1.82, 2.24) is 14.2 Å². The Balaban J connectivity index is 1.69. The number of carbonyl (C=O) groups is 1. The van der Waals surface area contributed by atoms with Crippen molar-refractivity contribution in [2.75, 3.05) is 19.6 Å². The predicted octanol–water partition coefficient (Wildman–Crippen LogP) is 1.77. The van der Waals surface area contributed by atoms with Crippen molar-refractivity contribution in [2.45, 2.75) is 24.8 Å². The number of nitrogens with zero attached hydrogens (tertiary/aromatic N) is 4. The summed E-state index contributed by atoms with van der Waals surface area (Å²) < 4.78 is 27.8. The summed E-state index contributed by atoms with van der Waals surface area (Å²) in [6, 6.07) is 8.16. The highest BCUT2D eigenvalue weighted by molar-refractivity contribution is 7.89. The van der Waals surface area contributed by atoms with Crippen molar-refractivity contribution in [2.24, 2.45) is 0 Å². The van der Waals surface area contributed by atoms with Crippen LogP contribution in [0, 0.1) is 25.2 Å². The highest BCUT2D eigenvalue weighted by Crippen LogP contribution is 2.37. The lowest BCUT2D eigenvalue weighted by molar-refractivity contribution is 0.0628. The normalized spacial score (nSPS) is 19.5. The molecular weight excluding hydrogens is 364 g/mol. The zero-order chi connectivity index (χ0) is 19.3. The Morgan fingerprint density at radius 2 is 2.00 bits per heavy atom. The molecule has 1 unspecified atom stereocenters. The lowest BCUT2D eigenvalue weighted by atomic mass is 10.1. The van der Waals surface area contributed by atoms with Crippen molar-refractivity contribution in [3.63, 3.8) is 0 Å². The van der Waals surface area contributed by atoms with Gasteiger partial charge in [0, 0.05) is 31.5 Å². The average Bonchev–Trinajstić information content (AvgIpc) is 2.92. The summed E-state index contributed by atoms with van der Waals surface area (Å²) in [6.45, 7) is 4.33. The number of fused-ring (bicyclic) bond motifs is 3. The Labute approximate surface area is 157 Å². The van der Waals surface area contributed by atoms with Gasteiger partial charge >= 0.3 is 0 Å². The van der Waals surface area contributed by atoms with E-state index >= 15 is 0 Å². The van der Waals surface area contributed by atoms with Crippen LogP contribution in [-0.2, 0) is 10.0 Å². The van der Waals surface area contributed by atoms with Crippen LogP contribution in [-0.4, -0.2) is 48.1 Å². The van der Waals surface area contributed by atoms with Gasteiger partial charge in [-0.15, -0.1) is 0 Å². The Bertz CT molecular complexity index is 1100. The number of aromatic nitrogens is 1. The Hall–Kier alpha value is -2.76. The molecule has 1 aromatic heterocycles. The highest BCUT2D eigenvalue weighted by Gasteiger charge is 2.43. The molecule has 0 bridgehead atoms. The number of aryl methyl sites for hydroxylation is 2. The number of pyridine rings is 1. The molecule has 27 heavy (non-hydrogen) atoms. The number of benzene rings is 1. The van der Waals surface area contributed by atoms with E-state index < -0.39 is 10.0 Å². The number of nitriles is 1. The zero-order valence-electron chi connectivity index (χ0n) is 15.0. The van der Waals surface area contributed by atoms with Crippen LogP contribution >= 0.6 is 0 Å². The molecule has 1 fully saturated rings. The standard InChI is InChI=1S/C19H18N4O3S/c1-12-7-14(9-20)3-4-18(12)27(25,26)22-5-6-23-17(11-22)15-8-13(2)21-10-16(15)19(23)24/h3-4,7-8,10,17H,5-6,11H2,1-2H3. The molecule has 7 nitrogen and oxygen atoms in total. The average molecular weight is 382 g/mol. The van der Waals surface area contributed by atoms with Gasteiger partial charge < -0.3 is 4.90 Å². The summed E-state index contributed by atoms with van der Waals surface area (Å²) >= 11 is 0. The van der Waals surface area contributed by atoms with Gasteiger partial charge in [0.15, 0.2) is 0 Å². The molecule has 1 amide bonds. The molecule has 138 valence electrons. The largest absolute Gasteiger partial charge is 0.329 e. The van der Waals surface area contributed by atoms with Crippen molar-refractivity contribution < 1.29 is 13.2 Å². The van der Waals surface area contributed by atoms with Crippen molar-refractivity contribution in [3.8, 4) is 6.07 Å². The molecule has 0 aliphatic carbocycles. The molecule has 0 N–H and O–H groups in total. The lowest BCUT2D eigenvalue weighted by Crippen LogP contribution is -2.49. The second kappa shape index (κ2) is 6.15. The minimum atomic E-state index is -3.72. The van der Waals surface area contributed by atoms with Gasteiger partial charge in [-0.05, 0) is 49.2 Å². The van der Waals surface area contributed by atoms with E-state index in [1.807, 2.05) is 19.1 Å². The first-order chi connectivity index (χ1) is 12.8. The molecule has 1 atom stereocenters. The number of amides is 1. The van der Waals surface area contributed by atoms with Gasteiger partial charge in [0.1, 0.15) is 0 Å². The molecular formula is C19H18N4O3S.